The van der Waals surface area contributed by atoms with E-state index in [9.17, 15) is 5.11 Å². The number of aryl methyl sites for hydroxylation is 3. The van der Waals surface area contributed by atoms with Gasteiger partial charge in [0.1, 0.15) is 17.4 Å². The van der Waals surface area contributed by atoms with Gasteiger partial charge in [0, 0.05) is 16.8 Å². The van der Waals surface area contributed by atoms with Crippen molar-refractivity contribution >= 4 is 11.0 Å². The summed E-state index contributed by atoms with van der Waals surface area (Å²) in [5.41, 5.74) is 4.51. The summed E-state index contributed by atoms with van der Waals surface area (Å²) in [4.78, 5) is 4.33. The van der Waals surface area contributed by atoms with Gasteiger partial charge in [0.05, 0.1) is 0 Å². The normalized spacial score (nSPS) is 12.8. The van der Waals surface area contributed by atoms with E-state index >= 15 is 0 Å². The third-order valence-electron chi connectivity index (χ3n) is 3.45. The van der Waals surface area contributed by atoms with Gasteiger partial charge in [-0.2, -0.15) is 0 Å². The van der Waals surface area contributed by atoms with Crippen LogP contribution in [0.3, 0.4) is 0 Å². The van der Waals surface area contributed by atoms with E-state index in [4.69, 9.17) is 4.42 Å². The Hall–Kier alpha value is -2.13. The number of furan rings is 1. The first-order valence-electron chi connectivity index (χ1n) is 6.67. The zero-order chi connectivity index (χ0) is 14.3. The predicted octanol–water partition coefficient (Wildman–Crippen LogP) is 3.83. The first-order valence-corrected chi connectivity index (χ1v) is 6.67. The lowest BCUT2D eigenvalue weighted by Crippen LogP contribution is -2.00. The molecule has 1 N–H and O–H groups in total. The Morgan fingerprint density at radius 2 is 1.75 bits per heavy atom. The Morgan fingerprint density at radius 3 is 2.40 bits per heavy atom. The highest BCUT2D eigenvalue weighted by Crippen LogP contribution is 2.30. The molecule has 1 unspecified atom stereocenters. The molecule has 0 aliphatic heterocycles. The van der Waals surface area contributed by atoms with Crippen molar-refractivity contribution in [2.24, 2.45) is 0 Å². The number of fused-ring (bicyclic) bond motifs is 1. The van der Waals surface area contributed by atoms with E-state index in [-0.39, 0.29) is 0 Å². The van der Waals surface area contributed by atoms with E-state index in [0.717, 1.165) is 33.5 Å². The molecule has 3 heteroatoms. The predicted molar refractivity (Wildman–Crippen MR) is 78.7 cm³/mol. The summed E-state index contributed by atoms with van der Waals surface area (Å²) >= 11 is 0. The van der Waals surface area contributed by atoms with Crippen molar-refractivity contribution in [3.8, 4) is 0 Å². The quantitative estimate of drug-likeness (QED) is 0.767. The van der Waals surface area contributed by atoms with Crippen LogP contribution in [0.4, 0.5) is 0 Å². The molecule has 0 saturated carbocycles. The number of nitrogens with zero attached hydrogens (tertiary/aromatic N) is 1. The number of aliphatic hydroxyl groups is 1. The van der Waals surface area contributed by atoms with E-state index in [0.29, 0.717) is 5.76 Å². The zero-order valence-corrected chi connectivity index (χ0v) is 11.8. The largest absolute Gasteiger partial charge is 0.458 e. The maximum atomic E-state index is 10.5. The Balaban J connectivity index is 2.07. The summed E-state index contributed by atoms with van der Waals surface area (Å²) in [6, 6.07) is 11.7. The smallest absolute Gasteiger partial charge is 0.138 e. The summed E-state index contributed by atoms with van der Waals surface area (Å²) in [5.74, 6) is 0.569. The molecule has 0 aliphatic carbocycles. The second-order valence-corrected chi connectivity index (χ2v) is 5.23. The standard InChI is InChI=1S/C17H17NO2/c1-10-5-4-6-13-9-15(20-17(10)13)16(19)14-7-11(2)18-12(3)8-14/h4-9,16,19H,1-3H3. The van der Waals surface area contributed by atoms with Gasteiger partial charge in [-0.15, -0.1) is 0 Å². The average Bonchev–Trinajstić information content (AvgIpc) is 2.82. The molecular weight excluding hydrogens is 250 g/mol. The molecule has 3 rings (SSSR count). The van der Waals surface area contributed by atoms with Crippen LogP contribution in [0.5, 0.6) is 0 Å². The second kappa shape index (κ2) is 4.76. The number of hydrogen-bond donors (Lipinski definition) is 1. The Labute approximate surface area is 117 Å². The number of pyridine rings is 1. The number of rotatable bonds is 2. The molecule has 2 aromatic heterocycles. The molecule has 20 heavy (non-hydrogen) atoms. The lowest BCUT2D eigenvalue weighted by atomic mass is 10.1. The highest BCUT2D eigenvalue weighted by atomic mass is 16.4. The van der Waals surface area contributed by atoms with Gasteiger partial charge >= 0.3 is 0 Å². The first kappa shape index (κ1) is 12.9. The zero-order valence-electron chi connectivity index (χ0n) is 11.8. The number of para-hydroxylation sites is 1. The molecule has 0 saturated heterocycles. The van der Waals surface area contributed by atoms with Gasteiger partial charge < -0.3 is 9.52 Å². The summed E-state index contributed by atoms with van der Waals surface area (Å²) in [5, 5.41) is 11.5. The lowest BCUT2D eigenvalue weighted by molar-refractivity contribution is 0.192. The van der Waals surface area contributed by atoms with Gasteiger partial charge in [-0.25, -0.2) is 0 Å². The minimum Gasteiger partial charge on any atom is -0.458 e. The minimum absolute atomic E-state index is 0.569. The fourth-order valence-corrected chi connectivity index (χ4v) is 2.55. The molecule has 0 aliphatic rings. The van der Waals surface area contributed by atoms with E-state index in [2.05, 4.69) is 4.98 Å². The van der Waals surface area contributed by atoms with E-state index in [1.807, 2.05) is 57.2 Å². The molecule has 0 amide bonds. The third kappa shape index (κ3) is 2.21. The third-order valence-corrected chi connectivity index (χ3v) is 3.45. The maximum Gasteiger partial charge on any atom is 0.138 e. The van der Waals surface area contributed by atoms with Gasteiger partial charge in [-0.1, -0.05) is 18.2 Å². The van der Waals surface area contributed by atoms with Crippen LogP contribution < -0.4 is 0 Å². The molecule has 1 aromatic carbocycles. The van der Waals surface area contributed by atoms with Crippen molar-refractivity contribution in [1.29, 1.82) is 0 Å². The van der Waals surface area contributed by atoms with Crippen molar-refractivity contribution in [2.45, 2.75) is 26.9 Å². The number of aromatic nitrogens is 1. The van der Waals surface area contributed by atoms with Gasteiger partial charge in [0.15, 0.2) is 0 Å². The number of aliphatic hydroxyl groups excluding tert-OH is 1. The van der Waals surface area contributed by atoms with Crippen molar-refractivity contribution in [1.82, 2.24) is 4.98 Å². The first-order chi connectivity index (χ1) is 9.54. The van der Waals surface area contributed by atoms with Crippen LogP contribution in [0.15, 0.2) is 40.8 Å². The van der Waals surface area contributed by atoms with Crippen LogP contribution in [0.2, 0.25) is 0 Å². The maximum absolute atomic E-state index is 10.5. The van der Waals surface area contributed by atoms with Crippen LogP contribution in [0.1, 0.15) is 34.4 Å². The van der Waals surface area contributed by atoms with E-state index in [1.165, 1.54) is 0 Å². The highest BCUT2D eigenvalue weighted by Gasteiger charge is 2.17. The topological polar surface area (TPSA) is 46.3 Å². The second-order valence-electron chi connectivity index (χ2n) is 5.23. The molecule has 3 aromatic rings. The van der Waals surface area contributed by atoms with Crippen molar-refractivity contribution in [3.63, 3.8) is 0 Å². The molecule has 0 fully saturated rings. The Bertz CT molecular complexity index is 754. The fourth-order valence-electron chi connectivity index (χ4n) is 2.55. The average molecular weight is 267 g/mol. The molecule has 0 spiro atoms. The molecule has 3 nitrogen and oxygen atoms in total. The van der Waals surface area contributed by atoms with Crippen LogP contribution in [0, 0.1) is 20.8 Å². The van der Waals surface area contributed by atoms with Crippen LogP contribution in [-0.2, 0) is 0 Å². The summed E-state index contributed by atoms with van der Waals surface area (Å²) < 4.78 is 5.82. The van der Waals surface area contributed by atoms with Gasteiger partial charge in [0.25, 0.3) is 0 Å². The number of hydrogen-bond acceptors (Lipinski definition) is 3. The molecule has 1 atom stereocenters. The van der Waals surface area contributed by atoms with E-state index in [1.54, 1.807) is 0 Å². The van der Waals surface area contributed by atoms with Gasteiger partial charge in [0.2, 0.25) is 0 Å². The van der Waals surface area contributed by atoms with Crippen molar-refractivity contribution in [3.05, 3.63) is 64.7 Å². The number of benzene rings is 1. The molecule has 0 radical (unpaired) electrons. The summed E-state index contributed by atoms with van der Waals surface area (Å²) in [6.45, 7) is 5.85. The molecular formula is C17H17NO2. The Kier molecular flexibility index (Phi) is 3.07. The lowest BCUT2D eigenvalue weighted by Gasteiger charge is -2.09. The van der Waals surface area contributed by atoms with Crippen molar-refractivity contribution < 1.29 is 9.52 Å². The summed E-state index contributed by atoms with van der Waals surface area (Å²) in [7, 11) is 0. The fraction of sp³-hybridized carbons (Fsp3) is 0.235. The summed E-state index contributed by atoms with van der Waals surface area (Å²) in [6.07, 6.45) is -0.762. The van der Waals surface area contributed by atoms with Crippen LogP contribution >= 0.6 is 0 Å². The molecule has 102 valence electrons. The van der Waals surface area contributed by atoms with Gasteiger partial charge in [-0.05, 0) is 50.1 Å². The van der Waals surface area contributed by atoms with Crippen LogP contribution in [0.25, 0.3) is 11.0 Å². The molecule has 2 heterocycles. The van der Waals surface area contributed by atoms with Gasteiger partial charge in [-0.3, -0.25) is 4.98 Å². The van der Waals surface area contributed by atoms with E-state index < -0.39 is 6.10 Å². The molecule has 0 bridgehead atoms. The monoisotopic (exact) mass is 267 g/mol. The minimum atomic E-state index is -0.762. The Morgan fingerprint density at radius 1 is 1.05 bits per heavy atom. The van der Waals surface area contributed by atoms with Crippen LogP contribution in [-0.4, -0.2) is 10.1 Å². The highest BCUT2D eigenvalue weighted by molar-refractivity contribution is 5.81. The SMILES string of the molecule is Cc1cc(C(O)c2cc3cccc(C)c3o2)cc(C)n1. The van der Waals surface area contributed by atoms with Crippen molar-refractivity contribution in [2.75, 3.05) is 0 Å².